The molecule has 2 unspecified atom stereocenters. The smallest absolute Gasteiger partial charge is 0.248 e. The Hall–Kier alpha value is -1.66. The fourth-order valence-corrected chi connectivity index (χ4v) is 5.33. The average Bonchev–Trinajstić information content (AvgIpc) is 3.03. The van der Waals surface area contributed by atoms with Crippen LogP contribution in [-0.2, 0) is 10.0 Å². The standard InChI is InChI=1S/C16H20N2O3S/c1-11-16(13(3)21-17-11)22(19,20)18-10-9-15(12(18)2)14-7-5-4-6-8-14/h4-8,12,15H,9-10H2,1-3H3. The first-order chi connectivity index (χ1) is 10.4. The van der Waals surface area contributed by atoms with Crippen molar-refractivity contribution in [2.24, 2.45) is 0 Å². The molecule has 5 nitrogen and oxygen atoms in total. The largest absolute Gasteiger partial charge is 0.360 e. The van der Waals surface area contributed by atoms with Gasteiger partial charge in [0.2, 0.25) is 10.0 Å². The van der Waals surface area contributed by atoms with Gasteiger partial charge in [0.1, 0.15) is 10.6 Å². The second kappa shape index (κ2) is 5.52. The number of benzene rings is 1. The van der Waals surface area contributed by atoms with Gasteiger partial charge in [0.05, 0.1) is 0 Å². The second-order valence-corrected chi connectivity index (χ2v) is 7.64. The molecule has 1 fully saturated rings. The third kappa shape index (κ3) is 2.36. The van der Waals surface area contributed by atoms with Crippen molar-refractivity contribution in [2.75, 3.05) is 6.54 Å². The molecule has 2 aromatic rings. The number of rotatable bonds is 3. The summed E-state index contributed by atoms with van der Waals surface area (Å²) in [4.78, 5) is 0.216. The van der Waals surface area contributed by atoms with Crippen molar-refractivity contribution in [1.29, 1.82) is 0 Å². The van der Waals surface area contributed by atoms with E-state index in [-0.39, 0.29) is 16.9 Å². The zero-order valence-electron chi connectivity index (χ0n) is 13.0. The average molecular weight is 320 g/mol. The number of aryl methyl sites for hydroxylation is 2. The first-order valence-electron chi connectivity index (χ1n) is 7.42. The van der Waals surface area contributed by atoms with Gasteiger partial charge < -0.3 is 4.52 Å². The third-order valence-electron chi connectivity index (χ3n) is 4.46. The predicted octanol–water partition coefficient (Wildman–Crippen LogP) is 2.86. The number of aromatic nitrogens is 1. The minimum atomic E-state index is -3.57. The van der Waals surface area contributed by atoms with E-state index >= 15 is 0 Å². The monoisotopic (exact) mass is 320 g/mol. The summed E-state index contributed by atoms with van der Waals surface area (Å²) in [6.45, 7) is 5.80. The molecule has 118 valence electrons. The van der Waals surface area contributed by atoms with Crippen LogP contribution >= 0.6 is 0 Å². The molecule has 0 saturated carbocycles. The molecule has 0 bridgehead atoms. The van der Waals surface area contributed by atoms with Crippen molar-refractivity contribution in [3.8, 4) is 0 Å². The summed E-state index contributed by atoms with van der Waals surface area (Å²) in [6.07, 6.45) is 0.827. The van der Waals surface area contributed by atoms with Crippen molar-refractivity contribution < 1.29 is 12.9 Å². The van der Waals surface area contributed by atoms with E-state index in [9.17, 15) is 8.42 Å². The molecule has 0 aliphatic carbocycles. The molecular formula is C16H20N2O3S. The van der Waals surface area contributed by atoms with Crippen LogP contribution in [0.25, 0.3) is 0 Å². The summed E-state index contributed by atoms with van der Waals surface area (Å²) < 4.78 is 32.5. The summed E-state index contributed by atoms with van der Waals surface area (Å²) >= 11 is 0. The molecular weight excluding hydrogens is 300 g/mol. The van der Waals surface area contributed by atoms with Crippen LogP contribution in [0.3, 0.4) is 0 Å². The summed E-state index contributed by atoms with van der Waals surface area (Å²) in [6, 6.07) is 10.0. The maximum absolute atomic E-state index is 13.0. The predicted molar refractivity (Wildman–Crippen MR) is 83.1 cm³/mol. The van der Waals surface area contributed by atoms with E-state index in [0.29, 0.717) is 18.0 Å². The van der Waals surface area contributed by atoms with Gasteiger partial charge >= 0.3 is 0 Å². The summed E-state index contributed by atoms with van der Waals surface area (Å²) in [5, 5.41) is 3.78. The van der Waals surface area contributed by atoms with Gasteiger partial charge in [0.15, 0.2) is 5.76 Å². The van der Waals surface area contributed by atoms with Crippen molar-refractivity contribution in [3.63, 3.8) is 0 Å². The SMILES string of the molecule is Cc1noc(C)c1S(=O)(=O)N1CCC(c2ccccc2)C1C. The zero-order valence-corrected chi connectivity index (χ0v) is 13.8. The Bertz CT molecular complexity index is 748. The van der Waals surface area contributed by atoms with E-state index in [1.165, 1.54) is 5.56 Å². The van der Waals surface area contributed by atoms with Gasteiger partial charge in [-0.3, -0.25) is 0 Å². The van der Waals surface area contributed by atoms with E-state index in [1.54, 1.807) is 18.2 Å². The Kier molecular flexibility index (Phi) is 3.82. The van der Waals surface area contributed by atoms with Gasteiger partial charge in [-0.2, -0.15) is 4.31 Å². The Morgan fingerprint density at radius 3 is 2.50 bits per heavy atom. The Morgan fingerprint density at radius 1 is 1.23 bits per heavy atom. The normalized spacial score (nSPS) is 23.0. The van der Waals surface area contributed by atoms with E-state index in [4.69, 9.17) is 4.52 Å². The van der Waals surface area contributed by atoms with Gasteiger partial charge in [0, 0.05) is 18.5 Å². The van der Waals surface area contributed by atoms with Crippen molar-refractivity contribution >= 4 is 10.0 Å². The molecule has 1 aromatic heterocycles. The van der Waals surface area contributed by atoms with Crippen molar-refractivity contribution in [2.45, 2.75) is 44.0 Å². The van der Waals surface area contributed by atoms with Gasteiger partial charge in [0.25, 0.3) is 0 Å². The van der Waals surface area contributed by atoms with E-state index in [0.717, 1.165) is 6.42 Å². The Balaban J connectivity index is 1.94. The van der Waals surface area contributed by atoms with Gasteiger partial charge in [-0.15, -0.1) is 0 Å². The summed E-state index contributed by atoms with van der Waals surface area (Å²) in [5.41, 5.74) is 1.61. The quantitative estimate of drug-likeness (QED) is 0.872. The topological polar surface area (TPSA) is 63.4 Å². The maximum atomic E-state index is 13.0. The molecule has 3 rings (SSSR count). The summed E-state index contributed by atoms with van der Waals surface area (Å²) in [7, 11) is -3.57. The first kappa shape index (κ1) is 15.2. The van der Waals surface area contributed by atoms with Crippen molar-refractivity contribution in [1.82, 2.24) is 9.46 Å². The third-order valence-corrected chi connectivity index (χ3v) is 6.69. The summed E-state index contributed by atoms with van der Waals surface area (Å²) in [5.74, 6) is 0.573. The molecule has 0 spiro atoms. The molecule has 6 heteroatoms. The highest BCUT2D eigenvalue weighted by Crippen LogP contribution is 2.37. The Morgan fingerprint density at radius 2 is 1.91 bits per heavy atom. The van der Waals surface area contributed by atoms with Crippen LogP contribution in [0.2, 0.25) is 0 Å². The molecule has 0 radical (unpaired) electrons. The minimum Gasteiger partial charge on any atom is -0.360 e. The van der Waals surface area contributed by atoms with Gasteiger partial charge in [-0.1, -0.05) is 35.5 Å². The highest BCUT2D eigenvalue weighted by atomic mass is 32.2. The molecule has 1 aromatic carbocycles. The lowest BCUT2D eigenvalue weighted by atomic mass is 9.93. The van der Waals surface area contributed by atoms with Crippen LogP contribution in [-0.4, -0.2) is 30.5 Å². The van der Waals surface area contributed by atoms with E-state index in [2.05, 4.69) is 17.3 Å². The lowest BCUT2D eigenvalue weighted by Gasteiger charge is -2.24. The number of hydrogen-bond acceptors (Lipinski definition) is 4. The maximum Gasteiger partial charge on any atom is 0.248 e. The van der Waals surface area contributed by atoms with Crippen LogP contribution in [0, 0.1) is 13.8 Å². The molecule has 1 saturated heterocycles. The minimum absolute atomic E-state index is 0.0823. The molecule has 2 heterocycles. The highest BCUT2D eigenvalue weighted by molar-refractivity contribution is 7.89. The van der Waals surface area contributed by atoms with Gasteiger partial charge in [-0.25, -0.2) is 8.42 Å². The fourth-order valence-electron chi connectivity index (χ4n) is 3.36. The van der Waals surface area contributed by atoms with Crippen LogP contribution in [0.1, 0.15) is 36.3 Å². The van der Waals surface area contributed by atoms with E-state index in [1.807, 2.05) is 25.1 Å². The molecule has 0 N–H and O–H groups in total. The van der Waals surface area contributed by atoms with Crippen molar-refractivity contribution in [3.05, 3.63) is 47.3 Å². The van der Waals surface area contributed by atoms with Crippen LogP contribution in [0.5, 0.6) is 0 Å². The van der Waals surface area contributed by atoms with Crippen LogP contribution in [0.15, 0.2) is 39.8 Å². The molecule has 1 aliphatic rings. The molecule has 0 amide bonds. The van der Waals surface area contributed by atoms with E-state index < -0.39 is 10.0 Å². The molecule has 1 aliphatic heterocycles. The molecule has 2 atom stereocenters. The Labute approximate surface area is 131 Å². The lowest BCUT2D eigenvalue weighted by Crippen LogP contribution is -2.35. The highest BCUT2D eigenvalue weighted by Gasteiger charge is 2.41. The van der Waals surface area contributed by atoms with Crippen LogP contribution < -0.4 is 0 Å². The first-order valence-corrected chi connectivity index (χ1v) is 8.86. The number of hydrogen-bond donors (Lipinski definition) is 0. The zero-order chi connectivity index (χ0) is 15.9. The number of nitrogens with zero attached hydrogens (tertiary/aromatic N) is 2. The lowest BCUT2D eigenvalue weighted by molar-refractivity contribution is 0.383. The fraction of sp³-hybridized carbons (Fsp3) is 0.438. The van der Waals surface area contributed by atoms with Crippen LogP contribution in [0.4, 0.5) is 0 Å². The molecule has 22 heavy (non-hydrogen) atoms. The number of sulfonamides is 1. The second-order valence-electron chi connectivity index (χ2n) is 5.82. The van der Waals surface area contributed by atoms with Gasteiger partial charge in [-0.05, 0) is 32.8 Å².